The van der Waals surface area contributed by atoms with Gasteiger partial charge < -0.3 is 14.2 Å². The lowest BCUT2D eigenvalue weighted by molar-refractivity contribution is 0.399. The summed E-state index contributed by atoms with van der Waals surface area (Å²) in [6, 6.07) is 11.9. The van der Waals surface area contributed by atoms with E-state index in [4.69, 9.17) is 14.2 Å². The number of ether oxygens (including phenoxy) is 3. The molecule has 0 aliphatic heterocycles. The van der Waals surface area contributed by atoms with E-state index in [1.165, 1.54) is 0 Å². The number of hydrogen-bond acceptors (Lipinski definition) is 3. The van der Waals surface area contributed by atoms with Gasteiger partial charge in [0.05, 0.1) is 26.2 Å². The van der Waals surface area contributed by atoms with Crippen molar-refractivity contribution in [1.29, 1.82) is 0 Å². The molecule has 0 N–H and O–H groups in total. The van der Waals surface area contributed by atoms with Crippen molar-refractivity contribution in [3.63, 3.8) is 0 Å². The highest BCUT2D eigenvalue weighted by molar-refractivity contribution is 9.09. The lowest BCUT2D eigenvalue weighted by atomic mass is 10.0. The number of benzene rings is 2. The van der Waals surface area contributed by atoms with Crippen LogP contribution in [0.4, 0.5) is 0 Å². The third kappa shape index (κ3) is 3.32. The standard InChI is InChI=1S/C17H19BrO3/c1-11-5-6-12(9-16(11)21-4)17(18)14-10-13(19-2)7-8-15(14)20-3/h5-10,17H,1-4H3. The summed E-state index contributed by atoms with van der Waals surface area (Å²) in [7, 11) is 5.01. The van der Waals surface area contributed by atoms with Crippen molar-refractivity contribution in [2.24, 2.45) is 0 Å². The first kappa shape index (κ1) is 15.7. The van der Waals surface area contributed by atoms with Gasteiger partial charge >= 0.3 is 0 Å². The molecule has 0 saturated heterocycles. The van der Waals surface area contributed by atoms with E-state index in [9.17, 15) is 0 Å². The van der Waals surface area contributed by atoms with Gasteiger partial charge in [-0.2, -0.15) is 0 Å². The molecule has 0 aliphatic rings. The highest BCUT2D eigenvalue weighted by Gasteiger charge is 2.17. The Morgan fingerprint density at radius 2 is 1.57 bits per heavy atom. The quantitative estimate of drug-likeness (QED) is 0.742. The van der Waals surface area contributed by atoms with Gasteiger partial charge in [-0.25, -0.2) is 0 Å². The molecule has 0 heterocycles. The number of aryl methyl sites for hydroxylation is 1. The summed E-state index contributed by atoms with van der Waals surface area (Å²) in [6.45, 7) is 2.03. The maximum atomic E-state index is 5.45. The molecule has 1 unspecified atom stereocenters. The Kier molecular flexibility index (Phi) is 5.12. The summed E-state index contributed by atoms with van der Waals surface area (Å²) in [5, 5.41) is 0. The fourth-order valence-electron chi connectivity index (χ4n) is 2.21. The molecule has 0 fully saturated rings. The average Bonchev–Trinajstić information content (AvgIpc) is 2.54. The van der Waals surface area contributed by atoms with Crippen LogP contribution in [0.1, 0.15) is 21.5 Å². The van der Waals surface area contributed by atoms with Crippen molar-refractivity contribution in [2.75, 3.05) is 21.3 Å². The largest absolute Gasteiger partial charge is 0.497 e. The van der Waals surface area contributed by atoms with Gasteiger partial charge in [-0.05, 0) is 42.3 Å². The van der Waals surface area contributed by atoms with Crippen LogP contribution in [0.3, 0.4) is 0 Å². The second-order valence-electron chi connectivity index (χ2n) is 4.70. The van der Waals surface area contributed by atoms with Crippen molar-refractivity contribution >= 4 is 15.9 Å². The zero-order valence-corrected chi connectivity index (χ0v) is 14.2. The van der Waals surface area contributed by atoms with E-state index in [0.717, 1.165) is 33.9 Å². The van der Waals surface area contributed by atoms with Gasteiger partial charge in [0.1, 0.15) is 17.2 Å². The zero-order chi connectivity index (χ0) is 15.4. The molecular weight excluding hydrogens is 332 g/mol. The van der Waals surface area contributed by atoms with Crippen LogP contribution in [-0.2, 0) is 0 Å². The van der Waals surface area contributed by atoms with E-state index >= 15 is 0 Å². The lowest BCUT2D eigenvalue weighted by Gasteiger charge is -2.17. The lowest BCUT2D eigenvalue weighted by Crippen LogP contribution is -1.99. The molecule has 21 heavy (non-hydrogen) atoms. The molecule has 2 aromatic carbocycles. The molecule has 4 heteroatoms. The first-order valence-electron chi connectivity index (χ1n) is 6.61. The highest BCUT2D eigenvalue weighted by atomic mass is 79.9. The topological polar surface area (TPSA) is 27.7 Å². The minimum atomic E-state index is -0.00273. The van der Waals surface area contributed by atoms with Gasteiger partial charge in [0, 0.05) is 5.56 Å². The third-order valence-corrected chi connectivity index (χ3v) is 4.46. The smallest absolute Gasteiger partial charge is 0.123 e. The number of alkyl halides is 1. The van der Waals surface area contributed by atoms with Crippen LogP contribution in [0.2, 0.25) is 0 Å². The van der Waals surface area contributed by atoms with E-state index in [-0.39, 0.29) is 4.83 Å². The van der Waals surface area contributed by atoms with Gasteiger partial charge in [0.2, 0.25) is 0 Å². The van der Waals surface area contributed by atoms with Crippen molar-refractivity contribution in [3.05, 3.63) is 53.1 Å². The van der Waals surface area contributed by atoms with E-state index in [1.807, 2.05) is 31.2 Å². The summed E-state index contributed by atoms with van der Waals surface area (Å²) in [5.74, 6) is 2.49. The molecule has 0 bridgehead atoms. The molecular formula is C17H19BrO3. The minimum Gasteiger partial charge on any atom is -0.497 e. The molecule has 112 valence electrons. The Labute approximate surface area is 134 Å². The van der Waals surface area contributed by atoms with Crippen molar-refractivity contribution in [3.8, 4) is 17.2 Å². The van der Waals surface area contributed by atoms with Crippen LogP contribution in [0.25, 0.3) is 0 Å². The molecule has 0 saturated carbocycles. The van der Waals surface area contributed by atoms with Crippen LogP contribution < -0.4 is 14.2 Å². The molecule has 2 aromatic rings. The molecule has 2 rings (SSSR count). The first-order chi connectivity index (χ1) is 10.1. The Hall–Kier alpha value is -1.68. The Balaban J connectivity index is 2.45. The summed E-state index contributed by atoms with van der Waals surface area (Å²) in [4.78, 5) is -0.00273. The maximum absolute atomic E-state index is 5.45. The molecule has 0 spiro atoms. The molecule has 0 amide bonds. The number of halogens is 1. The second kappa shape index (κ2) is 6.85. The van der Waals surface area contributed by atoms with Gasteiger partial charge in [0.25, 0.3) is 0 Å². The van der Waals surface area contributed by atoms with Crippen LogP contribution >= 0.6 is 15.9 Å². The monoisotopic (exact) mass is 350 g/mol. The van der Waals surface area contributed by atoms with Gasteiger partial charge in [-0.15, -0.1) is 0 Å². The first-order valence-corrected chi connectivity index (χ1v) is 7.52. The van der Waals surface area contributed by atoms with Crippen molar-refractivity contribution in [1.82, 2.24) is 0 Å². The highest BCUT2D eigenvalue weighted by Crippen LogP contribution is 2.39. The van der Waals surface area contributed by atoms with Gasteiger partial charge in [-0.3, -0.25) is 0 Å². The second-order valence-corrected chi connectivity index (χ2v) is 5.62. The van der Waals surface area contributed by atoms with Crippen LogP contribution in [0.15, 0.2) is 36.4 Å². The summed E-state index contributed by atoms with van der Waals surface area (Å²) >= 11 is 3.75. The van der Waals surface area contributed by atoms with Crippen LogP contribution in [-0.4, -0.2) is 21.3 Å². The fraction of sp³-hybridized carbons (Fsp3) is 0.294. The molecule has 0 aromatic heterocycles. The molecule has 3 nitrogen and oxygen atoms in total. The average molecular weight is 351 g/mol. The molecule has 1 atom stereocenters. The van der Waals surface area contributed by atoms with Gasteiger partial charge in [0.15, 0.2) is 0 Å². The number of hydrogen-bond donors (Lipinski definition) is 0. The maximum Gasteiger partial charge on any atom is 0.123 e. The number of methoxy groups -OCH3 is 3. The van der Waals surface area contributed by atoms with E-state index in [1.54, 1.807) is 21.3 Å². The Morgan fingerprint density at radius 1 is 0.857 bits per heavy atom. The zero-order valence-electron chi connectivity index (χ0n) is 12.6. The summed E-state index contributed by atoms with van der Waals surface area (Å²) < 4.78 is 16.2. The minimum absolute atomic E-state index is 0.00273. The fourth-order valence-corrected chi connectivity index (χ4v) is 2.85. The number of rotatable bonds is 5. The Morgan fingerprint density at radius 3 is 2.19 bits per heavy atom. The molecule has 0 aliphatic carbocycles. The van der Waals surface area contributed by atoms with Gasteiger partial charge in [-0.1, -0.05) is 28.1 Å². The van der Waals surface area contributed by atoms with E-state index in [2.05, 4.69) is 28.1 Å². The van der Waals surface area contributed by atoms with Crippen LogP contribution in [0.5, 0.6) is 17.2 Å². The summed E-state index contributed by atoms with van der Waals surface area (Å²) in [6.07, 6.45) is 0. The van der Waals surface area contributed by atoms with Crippen molar-refractivity contribution in [2.45, 2.75) is 11.8 Å². The predicted molar refractivity (Wildman–Crippen MR) is 88.0 cm³/mol. The SMILES string of the molecule is COc1ccc(OC)c(C(Br)c2ccc(C)c(OC)c2)c1. The van der Waals surface area contributed by atoms with E-state index in [0.29, 0.717) is 0 Å². The normalized spacial score (nSPS) is 11.9. The van der Waals surface area contributed by atoms with E-state index < -0.39 is 0 Å². The third-order valence-electron chi connectivity index (χ3n) is 3.43. The summed E-state index contributed by atoms with van der Waals surface area (Å²) in [5.41, 5.74) is 3.23. The van der Waals surface area contributed by atoms with Crippen LogP contribution in [0, 0.1) is 6.92 Å². The molecule has 0 radical (unpaired) electrons. The predicted octanol–water partition coefficient (Wildman–Crippen LogP) is 4.51. The van der Waals surface area contributed by atoms with Crippen molar-refractivity contribution < 1.29 is 14.2 Å². The Bertz CT molecular complexity index is 625.